The highest BCUT2D eigenvalue weighted by Crippen LogP contribution is 2.10. The van der Waals surface area contributed by atoms with E-state index in [1.54, 1.807) is 0 Å². The minimum Gasteiger partial charge on any atom is -0.465 e. The zero-order valence-corrected chi connectivity index (χ0v) is 13.0. The first-order chi connectivity index (χ1) is 11.0. The third-order valence-corrected chi connectivity index (χ3v) is 2.80. The number of carbonyl (C=O) groups excluding carboxylic acids is 2. The topological polar surface area (TPSA) is 111 Å². The van der Waals surface area contributed by atoms with E-state index in [9.17, 15) is 9.59 Å². The Hall–Kier alpha value is -2.57. The molecule has 0 fully saturated rings. The molecule has 1 aromatic carbocycles. The molecule has 0 unspecified atom stereocenters. The lowest BCUT2D eigenvalue weighted by Crippen LogP contribution is -2.37. The molecule has 8 nitrogen and oxygen atoms in total. The molecule has 0 amide bonds. The van der Waals surface area contributed by atoms with Crippen molar-refractivity contribution in [1.82, 2.24) is 0 Å². The van der Waals surface area contributed by atoms with Crippen molar-refractivity contribution in [3.63, 3.8) is 0 Å². The number of benzene rings is 1. The van der Waals surface area contributed by atoms with Gasteiger partial charge in [-0.1, -0.05) is 35.4 Å². The monoisotopic (exact) mass is 321 g/mol. The summed E-state index contributed by atoms with van der Waals surface area (Å²) in [7, 11) is 0. The Morgan fingerprint density at radius 2 is 1.87 bits per heavy atom. The highest BCUT2D eigenvalue weighted by molar-refractivity contribution is 5.66. The van der Waals surface area contributed by atoms with Gasteiger partial charge in [-0.25, -0.2) is 0 Å². The van der Waals surface area contributed by atoms with E-state index in [1.165, 1.54) is 13.8 Å². The number of carbonyl (C=O) groups is 2. The first kappa shape index (κ1) is 18.5. The second-order valence-corrected chi connectivity index (χ2v) is 4.72. The number of hydrogen-bond donors (Lipinski definition) is 0. The summed E-state index contributed by atoms with van der Waals surface area (Å²) in [5.41, 5.74) is 9.58. The van der Waals surface area contributed by atoms with Crippen molar-refractivity contribution < 1.29 is 23.8 Å². The predicted octanol–water partition coefficient (Wildman–Crippen LogP) is 2.38. The van der Waals surface area contributed by atoms with Gasteiger partial charge in [0, 0.05) is 18.8 Å². The van der Waals surface area contributed by atoms with E-state index in [-0.39, 0.29) is 13.2 Å². The maximum absolute atomic E-state index is 11.2. The molecule has 0 spiro atoms. The van der Waals surface area contributed by atoms with Gasteiger partial charge in [0.25, 0.3) is 0 Å². The molecule has 1 rings (SSSR count). The van der Waals surface area contributed by atoms with E-state index in [4.69, 9.17) is 19.7 Å². The van der Waals surface area contributed by atoms with Crippen LogP contribution in [-0.2, 0) is 30.4 Å². The van der Waals surface area contributed by atoms with Crippen molar-refractivity contribution >= 4 is 11.9 Å². The van der Waals surface area contributed by atoms with E-state index in [1.807, 2.05) is 30.3 Å². The van der Waals surface area contributed by atoms with Crippen molar-refractivity contribution in [2.45, 2.75) is 32.6 Å². The molecule has 124 valence electrons. The molecule has 0 heterocycles. The number of ether oxygens (including phenoxy) is 3. The lowest BCUT2D eigenvalue weighted by Gasteiger charge is -2.22. The summed E-state index contributed by atoms with van der Waals surface area (Å²) in [5, 5.41) is 3.52. The fraction of sp³-hybridized carbons (Fsp3) is 0.467. The maximum atomic E-state index is 11.2. The average Bonchev–Trinajstić information content (AvgIpc) is 2.51. The van der Waals surface area contributed by atoms with Crippen molar-refractivity contribution in [2.75, 3.05) is 13.2 Å². The smallest absolute Gasteiger partial charge is 0.302 e. The number of esters is 2. The first-order valence-corrected chi connectivity index (χ1v) is 6.99. The molecule has 1 aromatic rings. The number of hydrogen-bond acceptors (Lipinski definition) is 6. The molecule has 23 heavy (non-hydrogen) atoms. The zero-order chi connectivity index (χ0) is 17.1. The summed E-state index contributed by atoms with van der Waals surface area (Å²) >= 11 is 0. The Bertz CT molecular complexity index is 557. The van der Waals surface area contributed by atoms with Crippen LogP contribution < -0.4 is 0 Å². The van der Waals surface area contributed by atoms with Crippen molar-refractivity contribution in [2.24, 2.45) is 5.11 Å². The van der Waals surface area contributed by atoms with Crippen LogP contribution in [0.5, 0.6) is 0 Å². The molecule has 0 aliphatic rings. The summed E-state index contributed by atoms with van der Waals surface area (Å²) < 4.78 is 15.5. The van der Waals surface area contributed by atoms with E-state index in [0.717, 1.165) is 5.56 Å². The summed E-state index contributed by atoms with van der Waals surface area (Å²) in [6, 6.07) is 8.58. The van der Waals surface area contributed by atoms with Gasteiger partial charge in [0.1, 0.15) is 18.8 Å². The zero-order valence-electron chi connectivity index (χ0n) is 13.0. The van der Waals surface area contributed by atoms with Gasteiger partial charge < -0.3 is 14.2 Å². The second-order valence-electron chi connectivity index (χ2n) is 4.72. The largest absolute Gasteiger partial charge is 0.465 e. The van der Waals surface area contributed by atoms with Crippen molar-refractivity contribution in [3.8, 4) is 0 Å². The highest BCUT2D eigenvalue weighted by atomic mass is 16.6. The van der Waals surface area contributed by atoms with Gasteiger partial charge in [-0.2, -0.15) is 0 Å². The number of azide groups is 1. The average molecular weight is 321 g/mol. The van der Waals surface area contributed by atoms with E-state index in [2.05, 4.69) is 10.0 Å². The van der Waals surface area contributed by atoms with Gasteiger partial charge in [-0.15, -0.1) is 0 Å². The third kappa shape index (κ3) is 7.85. The fourth-order valence-electron chi connectivity index (χ4n) is 1.79. The van der Waals surface area contributed by atoms with Crippen LogP contribution in [-0.4, -0.2) is 37.3 Å². The van der Waals surface area contributed by atoms with Crippen LogP contribution in [0.4, 0.5) is 0 Å². The van der Waals surface area contributed by atoms with Crippen LogP contribution in [0, 0.1) is 0 Å². The Labute approximate surface area is 134 Å². The van der Waals surface area contributed by atoms with Crippen LogP contribution in [0.3, 0.4) is 0 Å². The van der Waals surface area contributed by atoms with Crippen LogP contribution in [0.15, 0.2) is 35.4 Å². The molecule has 0 saturated heterocycles. The SMILES string of the molecule is CC(=O)OC[C@H](N=[N+]=[N-])[C@H](COCc1ccccc1)OC(C)=O. The summed E-state index contributed by atoms with van der Waals surface area (Å²) in [4.78, 5) is 24.8. The molecule has 8 heteroatoms. The second kappa shape index (κ2) is 10.2. The number of nitrogens with zero attached hydrogens (tertiary/aromatic N) is 3. The van der Waals surface area contributed by atoms with Gasteiger partial charge >= 0.3 is 11.9 Å². The van der Waals surface area contributed by atoms with Crippen LogP contribution in [0.1, 0.15) is 19.4 Å². The van der Waals surface area contributed by atoms with Gasteiger partial charge in [0.05, 0.1) is 13.2 Å². The lowest BCUT2D eigenvalue weighted by atomic mass is 10.2. The maximum Gasteiger partial charge on any atom is 0.302 e. The number of rotatable bonds is 9. The molecule has 0 aromatic heterocycles. The fourth-order valence-corrected chi connectivity index (χ4v) is 1.79. The van der Waals surface area contributed by atoms with Crippen LogP contribution in [0.2, 0.25) is 0 Å². The Balaban J connectivity index is 2.65. The molecule has 0 aliphatic heterocycles. The Morgan fingerprint density at radius 3 is 2.43 bits per heavy atom. The Morgan fingerprint density at radius 1 is 1.17 bits per heavy atom. The quantitative estimate of drug-likeness (QED) is 0.300. The van der Waals surface area contributed by atoms with E-state index < -0.39 is 24.1 Å². The van der Waals surface area contributed by atoms with Crippen LogP contribution >= 0.6 is 0 Å². The molecule has 0 bridgehead atoms. The molecule has 0 saturated carbocycles. The lowest BCUT2D eigenvalue weighted by molar-refractivity contribution is -0.153. The van der Waals surface area contributed by atoms with Gasteiger partial charge in [-0.3, -0.25) is 9.59 Å². The van der Waals surface area contributed by atoms with E-state index in [0.29, 0.717) is 6.61 Å². The first-order valence-electron chi connectivity index (χ1n) is 6.99. The van der Waals surface area contributed by atoms with Gasteiger partial charge in [-0.05, 0) is 11.1 Å². The minimum absolute atomic E-state index is 0.0133. The molecule has 0 N–H and O–H groups in total. The molecule has 0 aliphatic carbocycles. The van der Waals surface area contributed by atoms with Gasteiger partial charge in [0.2, 0.25) is 0 Å². The van der Waals surface area contributed by atoms with Gasteiger partial charge in [0.15, 0.2) is 0 Å². The van der Waals surface area contributed by atoms with Crippen molar-refractivity contribution in [1.29, 1.82) is 0 Å². The normalized spacial score (nSPS) is 12.6. The standard InChI is InChI=1S/C15H19N3O5/c1-11(19)22-9-14(17-18-16)15(23-12(2)20)10-21-8-13-6-4-3-5-7-13/h3-7,14-15H,8-10H2,1-2H3/t14-,15-/m0/s1. The molecular weight excluding hydrogens is 302 g/mol. The summed E-state index contributed by atoms with van der Waals surface area (Å²) in [5.74, 6) is -1.06. The highest BCUT2D eigenvalue weighted by Gasteiger charge is 2.25. The summed E-state index contributed by atoms with van der Waals surface area (Å²) in [6.45, 7) is 2.61. The minimum atomic E-state index is -0.858. The molecule has 2 atom stereocenters. The predicted molar refractivity (Wildman–Crippen MR) is 81.2 cm³/mol. The van der Waals surface area contributed by atoms with Crippen LogP contribution in [0.25, 0.3) is 10.4 Å². The van der Waals surface area contributed by atoms with Crippen molar-refractivity contribution in [3.05, 3.63) is 46.3 Å². The molecule has 0 radical (unpaired) electrons. The van der Waals surface area contributed by atoms with E-state index >= 15 is 0 Å². The summed E-state index contributed by atoms with van der Waals surface area (Å²) in [6.07, 6.45) is -0.841. The third-order valence-electron chi connectivity index (χ3n) is 2.80. The molecular formula is C15H19N3O5. The Kier molecular flexibility index (Phi) is 8.20.